The molecule has 0 atom stereocenters. The molecule has 1 amide bonds. The lowest BCUT2D eigenvalue weighted by Crippen LogP contribution is -2.22. The maximum absolute atomic E-state index is 13.2. The minimum atomic E-state index is -0.866. The average Bonchev–Trinajstić information content (AvgIpc) is 3.08. The maximum Gasteiger partial charge on any atom is 0.338 e. The van der Waals surface area contributed by atoms with Gasteiger partial charge in [-0.05, 0) is 24.3 Å². The second kappa shape index (κ2) is 8.05. The zero-order valence-electron chi connectivity index (χ0n) is 14.2. The number of esters is 1. The Labute approximate surface area is 157 Å². The number of nitrogens with zero attached hydrogens (tertiary/aromatic N) is 2. The highest BCUT2D eigenvalue weighted by Crippen LogP contribution is 2.29. The monoisotopic (exact) mass is 388 g/mol. The Morgan fingerprint density at radius 3 is 2.41 bits per heavy atom. The van der Waals surface area contributed by atoms with Crippen molar-refractivity contribution in [3.8, 4) is 0 Å². The molecule has 0 unspecified atom stereocenters. The molecule has 0 radical (unpaired) electrons. The van der Waals surface area contributed by atoms with Gasteiger partial charge in [0.15, 0.2) is 5.13 Å². The molecular formula is C19H14F2N2O3S. The summed E-state index contributed by atoms with van der Waals surface area (Å²) in [6.45, 7) is 1.24. The molecule has 5 nitrogen and oxygen atoms in total. The van der Waals surface area contributed by atoms with Crippen LogP contribution in [0.2, 0.25) is 0 Å². The predicted molar refractivity (Wildman–Crippen MR) is 96.9 cm³/mol. The minimum absolute atomic E-state index is 0.187. The molecule has 3 aromatic rings. The third kappa shape index (κ3) is 4.53. The Bertz CT molecular complexity index is 956. The second-order valence-corrected chi connectivity index (χ2v) is 6.38. The van der Waals surface area contributed by atoms with Gasteiger partial charge in [-0.15, -0.1) is 11.3 Å². The summed E-state index contributed by atoms with van der Waals surface area (Å²) in [5.41, 5.74) is 0.859. The van der Waals surface area contributed by atoms with Crippen molar-refractivity contribution >= 4 is 34.0 Å². The number of carbonyl (C=O) groups excluding carboxylic acids is 2. The number of hydrogen-bond donors (Lipinski definition) is 0. The number of anilines is 2. The Kier molecular flexibility index (Phi) is 5.56. The zero-order valence-corrected chi connectivity index (χ0v) is 15.0. The quantitative estimate of drug-likeness (QED) is 0.606. The first kappa shape index (κ1) is 18.7. The number of hydrogen-bond acceptors (Lipinski definition) is 5. The summed E-state index contributed by atoms with van der Waals surface area (Å²) in [6.07, 6.45) is 0. The number of halogens is 2. The van der Waals surface area contributed by atoms with Gasteiger partial charge in [-0.3, -0.25) is 9.69 Å². The van der Waals surface area contributed by atoms with Gasteiger partial charge < -0.3 is 4.74 Å². The van der Waals surface area contributed by atoms with Crippen molar-refractivity contribution in [1.82, 2.24) is 4.98 Å². The van der Waals surface area contributed by atoms with Gasteiger partial charge in [0.25, 0.3) is 0 Å². The molecular weight excluding hydrogens is 374 g/mol. The highest BCUT2D eigenvalue weighted by atomic mass is 32.1. The number of rotatable bonds is 5. The molecule has 0 aliphatic carbocycles. The third-order valence-corrected chi connectivity index (χ3v) is 4.38. The number of aromatic nitrogens is 1. The van der Waals surface area contributed by atoms with Crippen LogP contribution in [-0.2, 0) is 16.1 Å². The van der Waals surface area contributed by atoms with Crippen molar-refractivity contribution in [3.63, 3.8) is 0 Å². The van der Waals surface area contributed by atoms with Gasteiger partial charge in [0, 0.05) is 18.4 Å². The molecule has 1 heterocycles. The molecule has 138 valence electrons. The van der Waals surface area contributed by atoms with Crippen LogP contribution in [0.3, 0.4) is 0 Å². The molecule has 0 fully saturated rings. The van der Waals surface area contributed by atoms with Crippen molar-refractivity contribution in [2.24, 2.45) is 0 Å². The molecule has 0 saturated carbocycles. The van der Waals surface area contributed by atoms with Gasteiger partial charge >= 0.3 is 5.97 Å². The number of ether oxygens (including phenoxy) is 1. The molecule has 0 aliphatic rings. The molecule has 1 aromatic heterocycles. The van der Waals surface area contributed by atoms with E-state index in [0.29, 0.717) is 22.6 Å². The van der Waals surface area contributed by atoms with Crippen LogP contribution in [-0.4, -0.2) is 16.9 Å². The lowest BCUT2D eigenvalue weighted by Gasteiger charge is -2.17. The molecule has 8 heteroatoms. The molecule has 0 aliphatic heterocycles. The first-order valence-corrected chi connectivity index (χ1v) is 8.75. The zero-order chi connectivity index (χ0) is 19.4. The molecule has 0 bridgehead atoms. The van der Waals surface area contributed by atoms with Crippen molar-refractivity contribution in [1.29, 1.82) is 0 Å². The second-order valence-electron chi connectivity index (χ2n) is 5.55. The highest BCUT2D eigenvalue weighted by Gasteiger charge is 2.18. The lowest BCUT2D eigenvalue weighted by molar-refractivity contribution is -0.115. The first-order valence-electron chi connectivity index (χ1n) is 7.87. The summed E-state index contributed by atoms with van der Waals surface area (Å²) in [5.74, 6) is -2.81. The number of amides is 1. The molecule has 2 aromatic carbocycles. The van der Waals surface area contributed by atoms with Gasteiger partial charge in [-0.1, -0.05) is 18.2 Å². The van der Waals surface area contributed by atoms with Crippen LogP contribution in [0.25, 0.3) is 0 Å². The van der Waals surface area contributed by atoms with Crippen molar-refractivity contribution < 1.29 is 23.1 Å². The average molecular weight is 388 g/mol. The SMILES string of the molecule is CC(=O)N(c1ccccc1)c1nc(COC(=O)c2cc(F)cc(F)c2)cs1. The standard InChI is InChI=1S/C19H14F2N2O3S/c1-12(24)23(17-5-3-2-4-6-17)19-22-16(11-27-19)10-26-18(25)13-7-14(20)9-15(21)8-13/h2-9,11H,10H2,1H3. The van der Waals surface area contributed by atoms with E-state index in [9.17, 15) is 18.4 Å². The van der Waals surface area contributed by atoms with E-state index in [4.69, 9.17) is 4.74 Å². The van der Waals surface area contributed by atoms with Gasteiger partial charge in [0.1, 0.15) is 18.2 Å². The summed E-state index contributed by atoms with van der Waals surface area (Å²) < 4.78 is 31.4. The van der Waals surface area contributed by atoms with Crippen LogP contribution in [0, 0.1) is 11.6 Å². The van der Waals surface area contributed by atoms with Crippen molar-refractivity contribution in [2.45, 2.75) is 13.5 Å². The molecule has 0 spiro atoms. The number of carbonyl (C=O) groups is 2. The Morgan fingerprint density at radius 1 is 1.11 bits per heavy atom. The summed E-state index contributed by atoms with van der Waals surface area (Å²) in [7, 11) is 0. The third-order valence-electron chi connectivity index (χ3n) is 3.51. The van der Waals surface area contributed by atoms with Crippen molar-refractivity contribution in [2.75, 3.05) is 4.90 Å². The largest absolute Gasteiger partial charge is 0.456 e. The van der Waals surface area contributed by atoms with E-state index in [1.165, 1.54) is 23.2 Å². The van der Waals surface area contributed by atoms with E-state index in [2.05, 4.69) is 4.98 Å². The lowest BCUT2D eigenvalue weighted by atomic mass is 10.2. The Morgan fingerprint density at radius 2 is 1.78 bits per heavy atom. The smallest absolute Gasteiger partial charge is 0.338 e. The first-order chi connectivity index (χ1) is 12.9. The highest BCUT2D eigenvalue weighted by molar-refractivity contribution is 7.14. The fourth-order valence-electron chi connectivity index (χ4n) is 2.36. The number of thiazole rings is 1. The van der Waals surface area contributed by atoms with Gasteiger partial charge in [0.2, 0.25) is 5.91 Å². The Hall–Kier alpha value is -3.13. The summed E-state index contributed by atoms with van der Waals surface area (Å²) in [5, 5.41) is 2.07. The maximum atomic E-state index is 13.2. The van der Waals surface area contributed by atoms with Crippen LogP contribution in [0.15, 0.2) is 53.9 Å². The van der Waals surface area contributed by atoms with Crippen LogP contribution >= 0.6 is 11.3 Å². The van der Waals surface area contributed by atoms with Crippen molar-refractivity contribution in [3.05, 3.63) is 76.8 Å². The fraction of sp³-hybridized carbons (Fsp3) is 0.105. The molecule has 27 heavy (non-hydrogen) atoms. The van der Waals surface area contributed by atoms with Crippen LogP contribution in [0.4, 0.5) is 19.6 Å². The van der Waals surface area contributed by atoms with Gasteiger partial charge in [-0.25, -0.2) is 18.6 Å². The van der Waals surface area contributed by atoms with E-state index >= 15 is 0 Å². The summed E-state index contributed by atoms with van der Waals surface area (Å²) >= 11 is 1.22. The normalized spacial score (nSPS) is 10.5. The van der Waals surface area contributed by atoms with E-state index < -0.39 is 17.6 Å². The van der Waals surface area contributed by atoms with E-state index in [1.54, 1.807) is 29.6 Å². The van der Waals surface area contributed by atoms with Crippen LogP contribution in [0.1, 0.15) is 23.0 Å². The van der Waals surface area contributed by atoms with Crippen LogP contribution < -0.4 is 4.90 Å². The minimum Gasteiger partial charge on any atom is -0.456 e. The number of para-hydroxylation sites is 1. The molecule has 0 saturated heterocycles. The van der Waals surface area contributed by atoms with E-state index in [1.807, 2.05) is 6.07 Å². The van der Waals surface area contributed by atoms with Crippen LogP contribution in [0.5, 0.6) is 0 Å². The molecule has 0 N–H and O–H groups in total. The topological polar surface area (TPSA) is 59.5 Å². The summed E-state index contributed by atoms with van der Waals surface area (Å²) in [4.78, 5) is 29.7. The van der Waals surface area contributed by atoms with Gasteiger partial charge in [-0.2, -0.15) is 0 Å². The predicted octanol–water partition coefficient (Wildman–Crippen LogP) is 4.46. The van der Waals surface area contributed by atoms with E-state index in [0.717, 1.165) is 12.1 Å². The summed E-state index contributed by atoms with van der Waals surface area (Å²) in [6, 6.07) is 11.5. The van der Waals surface area contributed by atoms with E-state index in [-0.39, 0.29) is 18.1 Å². The Balaban J connectivity index is 1.72. The van der Waals surface area contributed by atoms with Gasteiger partial charge in [0.05, 0.1) is 16.9 Å². The molecule has 3 rings (SSSR count). The fourth-order valence-corrected chi connectivity index (χ4v) is 3.24. The number of benzene rings is 2.